The molecule has 3 aromatic carbocycles. The first-order valence-corrected chi connectivity index (χ1v) is 9.68. The van der Waals surface area contributed by atoms with Gasteiger partial charge in [0.25, 0.3) is 11.8 Å². The van der Waals surface area contributed by atoms with Crippen LogP contribution >= 0.6 is 0 Å². The van der Waals surface area contributed by atoms with E-state index in [1.807, 2.05) is 49.4 Å². The number of amides is 4. The fourth-order valence-electron chi connectivity index (χ4n) is 3.49. The van der Waals surface area contributed by atoms with Gasteiger partial charge in [0.2, 0.25) is 0 Å². The van der Waals surface area contributed by atoms with Crippen LogP contribution in [0.5, 0.6) is 0 Å². The molecular weight excluding hydrogens is 378 g/mol. The number of benzene rings is 3. The van der Waals surface area contributed by atoms with Gasteiger partial charge >= 0.3 is 6.03 Å². The van der Waals surface area contributed by atoms with Crippen LogP contribution in [-0.2, 0) is 6.42 Å². The van der Waals surface area contributed by atoms with Crippen LogP contribution in [-0.4, -0.2) is 28.9 Å². The molecule has 6 nitrogen and oxygen atoms in total. The Morgan fingerprint density at radius 3 is 2.00 bits per heavy atom. The minimum atomic E-state index is -0.828. The molecule has 0 bridgehead atoms. The fraction of sp³-hybridized carbons (Fsp3) is 0.125. The van der Waals surface area contributed by atoms with Gasteiger partial charge in [-0.05, 0) is 36.8 Å². The molecule has 1 aliphatic heterocycles. The van der Waals surface area contributed by atoms with Gasteiger partial charge in [-0.3, -0.25) is 14.5 Å². The molecule has 1 heterocycles. The van der Waals surface area contributed by atoms with Crippen molar-refractivity contribution >= 4 is 23.5 Å². The number of hydrogen-bond donors (Lipinski definition) is 2. The lowest BCUT2D eigenvalue weighted by molar-refractivity contribution is 0.0565. The second-order valence-corrected chi connectivity index (χ2v) is 7.20. The molecule has 2 N–H and O–H groups in total. The quantitative estimate of drug-likeness (QED) is 0.637. The van der Waals surface area contributed by atoms with Crippen LogP contribution in [0.2, 0.25) is 0 Å². The Bertz CT molecular complexity index is 1060. The van der Waals surface area contributed by atoms with Crippen molar-refractivity contribution < 1.29 is 14.4 Å². The van der Waals surface area contributed by atoms with E-state index in [0.29, 0.717) is 23.2 Å². The fourth-order valence-corrected chi connectivity index (χ4v) is 3.49. The van der Waals surface area contributed by atoms with Gasteiger partial charge in [-0.25, -0.2) is 4.79 Å². The highest BCUT2D eigenvalue weighted by molar-refractivity contribution is 6.21. The molecule has 6 heteroatoms. The Morgan fingerprint density at radius 2 is 1.40 bits per heavy atom. The van der Waals surface area contributed by atoms with Crippen LogP contribution in [0.4, 0.5) is 10.5 Å². The van der Waals surface area contributed by atoms with Gasteiger partial charge in [0.15, 0.2) is 0 Å². The highest BCUT2D eigenvalue weighted by Crippen LogP contribution is 2.25. The van der Waals surface area contributed by atoms with Crippen LogP contribution in [0.25, 0.3) is 0 Å². The van der Waals surface area contributed by atoms with Gasteiger partial charge < -0.3 is 10.6 Å². The van der Waals surface area contributed by atoms with E-state index >= 15 is 0 Å². The minimum Gasteiger partial charge on any atom is -0.317 e. The maximum absolute atomic E-state index is 12.9. The van der Waals surface area contributed by atoms with E-state index in [1.165, 1.54) is 0 Å². The maximum Gasteiger partial charge on any atom is 0.320 e. The molecule has 0 saturated heterocycles. The summed E-state index contributed by atoms with van der Waals surface area (Å²) in [6.07, 6.45) is -0.529. The molecule has 1 aliphatic rings. The summed E-state index contributed by atoms with van der Waals surface area (Å²) in [7, 11) is 0. The van der Waals surface area contributed by atoms with E-state index in [0.717, 1.165) is 16.0 Å². The number of rotatable bonds is 5. The normalized spacial score (nSPS) is 13.7. The standard InChI is InChI=1S/C24H21N3O3/c1-16-11-13-18(14-12-16)25-24(30)26-21(15-17-7-3-2-4-8-17)27-22(28)19-9-5-6-10-20(19)23(27)29/h2-14,21H,15H2,1H3,(H2,25,26,30). The number of anilines is 1. The summed E-state index contributed by atoms with van der Waals surface area (Å²) in [5.74, 6) is -0.820. The first-order chi connectivity index (χ1) is 14.5. The molecule has 4 amide bonds. The zero-order chi connectivity index (χ0) is 21.1. The van der Waals surface area contributed by atoms with Crippen molar-refractivity contribution in [3.63, 3.8) is 0 Å². The van der Waals surface area contributed by atoms with Crippen LogP contribution in [0, 0.1) is 6.92 Å². The Morgan fingerprint density at radius 1 is 0.833 bits per heavy atom. The summed E-state index contributed by atoms with van der Waals surface area (Å²) in [6, 6.07) is 23.0. The lowest BCUT2D eigenvalue weighted by Crippen LogP contribution is -2.53. The van der Waals surface area contributed by atoms with Crippen molar-refractivity contribution in [1.82, 2.24) is 10.2 Å². The highest BCUT2D eigenvalue weighted by Gasteiger charge is 2.40. The van der Waals surface area contributed by atoms with Crippen LogP contribution in [0.3, 0.4) is 0 Å². The third-order valence-electron chi connectivity index (χ3n) is 5.02. The van der Waals surface area contributed by atoms with E-state index < -0.39 is 24.0 Å². The van der Waals surface area contributed by atoms with Gasteiger partial charge in [0, 0.05) is 12.1 Å². The molecule has 150 valence electrons. The molecule has 0 spiro atoms. The number of carbonyl (C=O) groups excluding carboxylic acids is 3. The van der Waals surface area contributed by atoms with E-state index in [9.17, 15) is 14.4 Å². The maximum atomic E-state index is 12.9. The molecule has 0 fully saturated rings. The van der Waals surface area contributed by atoms with Gasteiger partial charge in [0.1, 0.15) is 6.17 Å². The zero-order valence-electron chi connectivity index (χ0n) is 16.5. The molecule has 3 aromatic rings. The first-order valence-electron chi connectivity index (χ1n) is 9.68. The van der Waals surface area contributed by atoms with Crippen LogP contribution in [0.15, 0.2) is 78.9 Å². The Balaban J connectivity index is 1.58. The van der Waals surface area contributed by atoms with Crippen molar-refractivity contribution in [3.05, 3.63) is 101 Å². The SMILES string of the molecule is Cc1ccc(NC(=O)NC(Cc2ccccc2)N2C(=O)c3ccccc3C2=O)cc1. The topological polar surface area (TPSA) is 78.5 Å². The number of carbonyl (C=O) groups is 3. The second-order valence-electron chi connectivity index (χ2n) is 7.20. The van der Waals surface area contributed by atoms with E-state index in [-0.39, 0.29) is 0 Å². The van der Waals surface area contributed by atoms with E-state index in [2.05, 4.69) is 10.6 Å². The number of urea groups is 1. The number of hydrogen-bond acceptors (Lipinski definition) is 3. The summed E-state index contributed by atoms with van der Waals surface area (Å²) in [5.41, 5.74) is 3.30. The summed E-state index contributed by atoms with van der Waals surface area (Å²) in [4.78, 5) is 39.7. The number of fused-ring (bicyclic) bond motifs is 1. The lowest BCUT2D eigenvalue weighted by Gasteiger charge is -2.27. The van der Waals surface area contributed by atoms with Gasteiger partial charge in [0.05, 0.1) is 11.1 Å². The Hall–Kier alpha value is -3.93. The third kappa shape index (κ3) is 3.93. The van der Waals surface area contributed by atoms with Gasteiger partial charge in [-0.2, -0.15) is 0 Å². The molecule has 4 rings (SSSR count). The molecule has 0 saturated carbocycles. The summed E-state index contributed by atoms with van der Waals surface area (Å²) >= 11 is 0. The van der Waals surface area contributed by atoms with Crippen LogP contribution in [0.1, 0.15) is 31.8 Å². The van der Waals surface area contributed by atoms with Gasteiger partial charge in [-0.15, -0.1) is 0 Å². The van der Waals surface area contributed by atoms with E-state index in [1.54, 1.807) is 36.4 Å². The Kier molecular flexibility index (Phi) is 5.30. The molecule has 1 unspecified atom stereocenters. The van der Waals surface area contributed by atoms with Gasteiger partial charge in [-0.1, -0.05) is 60.2 Å². The summed E-state index contributed by atoms with van der Waals surface area (Å²) in [6.45, 7) is 1.96. The highest BCUT2D eigenvalue weighted by atomic mass is 16.2. The van der Waals surface area contributed by atoms with Crippen molar-refractivity contribution in [3.8, 4) is 0 Å². The largest absolute Gasteiger partial charge is 0.320 e. The van der Waals surface area contributed by atoms with Crippen molar-refractivity contribution in [2.45, 2.75) is 19.5 Å². The molecule has 0 aliphatic carbocycles. The molecule has 0 radical (unpaired) electrons. The third-order valence-corrected chi connectivity index (χ3v) is 5.02. The molecule has 0 aromatic heterocycles. The van der Waals surface area contributed by atoms with Crippen molar-refractivity contribution in [2.24, 2.45) is 0 Å². The molecule has 1 atom stereocenters. The number of imide groups is 1. The minimum absolute atomic E-state index is 0.299. The van der Waals surface area contributed by atoms with Crippen molar-refractivity contribution in [1.29, 1.82) is 0 Å². The average molecular weight is 399 g/mol. The van der Waals surface area contributed by atoms with Crippen molar-refractivity contribution in [2.75, 3.05) is 5.32 Å². The molecular formula is C24H21N3O3. The predicted octanol–water partition coefficient (Wildman–Crippen LogP) is 3.98. The van der Waals surface area contributed by atoms with Crippen LogP contribution < -0.4 is 10.6 Å². The predicted molar refractivity (Wildman–Crippen MR) is 114 cm³/mol. The first kappa shape index (κ1) is 19.4. The number of nitrogens with one attached hydrogen (secondary N) is 2. The monoisotopic (exact) mass is 399 g/mol. The lowest BCUT2D eigenvalue weighted by atomic mass is 10.1. The number of aryl methyl sites for hydroxylation is 1. The summed E-state index contributed by atoms with van der Waals surface area (Å²) < 4.78 is 0. The zero-order valence-corrected chi connectivity index (χ0v) is 16.5. The molecule has 30 heavy (non-hydrogen) atoms. The second kappa shape index (κ2) is 8.21. The smallest absolute Gasteiger partial charge is 0.317 e. The van der Waals surface area contributed by atoms with E-state index in [4.69, 9.17) is 0 Å². The number of nitrogens with zero attached hydrogens (tertiary/aromatic N) is 1. The Labute approximate surface area is 174 Å². The summed E-state index contributed by atoms with van der Waals surface area (Å²) in [5, 5.41) is 5.56. The average Bonchev–Trinajstić information content (AvgIpc) is 3.01.